The number of nitrogens with one attached hydrogen (secondary N) is 1. The first-order valence-electron chi connectivity index (χ1n) is 6.17. The van der Waals surface area contributed by atoms with E-state index in [0.717, 1.165) is 11.1 Å². The maximum Gasteiger partial charge on any atom is 0.409 e. The van der Waals surface area contributed by atoms with Crippen molar-refractivity contribution in [2.45, 2.75) is 0 Å². The van der Waals surface area contributed by atoms with Crippen LogP contribution in [0.1, 0.15) is 0 Å². The van der Waals surface area contributed by atoms with Crippen molar-refractivity contribution in [1.82, 2.24) is 0 Å². The van der Waals surface area contributed by atoms with Crippen LogP contribution in [-0.4, -0.2) is 25.4 Å². The van der Waals surface area contributed by atoms with E-state index in [9.17, 15) is 4.79 Å². The molecule has 21 heavy (non-hydrogen) atoms. The number of ether oxygens (including phenoxy) is 2. The first-order valence-corrected chi connectivity index (χ1v) is 6.17. The van der Waals surface area contributed by atoms with Crippen LogP contribution in [0.3, 0.4) is 0 Å². The van der Waals surface area contributed by atoms with Crippen molar-refractivity contribution >= 4 is 17.5 Å². The largest absolute Gasteiger partial charge is 0.495 e. The van der Waals surface area contributed by atoms with Crippen LogP contribution < -0.4 is 20.5 Å². The van der Waals surface area contributed by atoms with Crippen molar-refractivity contribution in [3.05, 3.63) is 36.4 Å². The van der Waals surface area contributed by atoms with E-state index in [4.69, 9.17) is 20.3 Å². The maximum absolute atomic E-state index is 10.7. The molecular weight excluding hydrogens is 272 g/mol. The number of carbonyl (C=O) groups is 1. The minimum atomic E-state index is -1.14. The van der Waals surface area contributed by atoms with E-state index in [0.29, 0.717) is 22.9 Å². The summed E-state index contributed by atoms with van der Waals surface area (Å²) in [7, 11) is 3.03. The molecule has 1 amide bonds. The zero-order valence-electron chi connectivity index (χ0n) is 11.7. The predicted molar refractivity (Wildman–Crippen MR) is 81.0 cm³/mol. The fourth-order valence-electron chi connectivity index (χ4n) is 1.98. The molecule has 0 spiro atoms. The van der Waals surface area contributed by atoms with Crippen molar-refractivity contribution in [3.8, 4) is 22.6 Å². The molecule has 6 heteroatoms. The molecule has 0 aliphatic heterocycles. The highest BCUT2D eigenvalue weighted by Crippen LogP contribution is 2.33. The fraction of sp³-hybridized carbons (Fsp3) is 0.133. The van der Waals surface area contributed by atoms with Crippen molar-refractivity contribution in [3.63, 3.8) is 0 Å². The zero-order valence-corrected chi connectivity index (χ0v) is 11.7. The molecule has 4 N–H and O–H groups in total. The number of methoxy groups -OCH3 is 2. The molecule has 0 saturated carbocycles. The summed E-state index contributed by atoms with van der Waals surface area (Å²) in [6.07, 6.45) is -1.14. The van der Waals surface area contributed by atoms with Gasteiger partial charge in [0.15, 0.2) is 0 Å². The topological polar surface area (TPSA) is 93.8 Å². The number of hydrogen-bond donors (Lipinski definition) is 3. The highest BCUT2D eigenvalue weighted by atomic mass is 16.5. The van der Waals surface area contributed by atoms with Crippen LogP contribution in [0.4, 0.5) is 16.2 Å². The van der Waals surface area contributed by atoms with Crippen LogP contribution in [0.5, 0.6) is 11.5 Å². The lowest BCUT2D eigenvalue weighted by Gasteiger charge is -2.12. The Labute approximate surface area is 122 Å². The molecule has 0 unspecified atom stereocenters. The molecule has 0 aliphatic rings. The smallest absolute Gasteiger partial charge is 0.409 e. The summed E-state index contributed by atoms with van der Waals surface area (Å²) in [5, 5.41) is 11.1. The van der Waals surface area contributed by atoms with Crippen molar-refractivity contribution < 1.29 is 19.4 Å². The predicted octanol–water partition coefficient (Wildman–Crippen LogP) is 3.04. The molecule has 0 heterocycles. The molecule has 0 fully saturated rings. The Kier molecular flexibility index (Phi) is 4.18. The van der Waals surface area contributed by atoms with Gasteiger partial charge >= 0.3 is 6.09 Å². The van der Waals surface area contributed by atoms with Gasteiger partial charge in [-0.15, -0.1) is 0 Å². The van der Waals surface area contributed by atoms with Gasteiger partial charge in [0.1, 0.15) is 11.5 Å². The second kappa shape index (κ2) is 6.04. The lowest BCUT2D eigenvalue weighted by atomic mass is 10.0. The fourth-order valence-corrected chi connectivity index (χ4v) is 1.98. The van der Waals surface area contributed by atoms with E-state index in [-0.39, 0.29) is 0 Å². The van der Waals surface area contributed by atoms with Gasteiger partial charge in [-0.05, 0) is 35.4 Å². The number of benzene rings is 2. The molecule has 110 valence electrons. The number of nitrogens with two attached hydrogens (primary N) is 1. The van der Waals surface area contributed by atoms with Gasteiger partial charge in [0.25, 0.3) is 0 Å². The standard InChI is InChI=1S/C15H16N2O4/c1-20-13-7-9(3-5-11(13)16)10-4-6-12(17-15(18)19)14(8-10)21-2/h3-8,17H,16H2,1-2H3,(H,18,19). The van der Waals surface area contributed by atoms with Crippen LogP contribution >= 0.6 is 0 Å². The highest BCUT2D eigenvalue weighted by Gasteiger charge is 2.09. The van der Waals surface area contributed by atoms with Gasteiger partial charge in [0.2, 0.25) is 0 Å². The average Bonchev–Trinajstić information content (AvgIpc) is 2.47. The number of anilines is 2. The van der Waals surface area contributed by atoms with Gasteiger partial charge in [-0.3, -0.25) is 5.32 Å². The number of hydrogen-bond acceptors (Lipinski definition) is 4. The zero-order chi connectivity index (χ0) is 15.4. The third-order valence-electron chi connectivity index (χ3n) is 3.01. The van der Waals surface area contributed by atoms with E-state index in [2.05, 4.69) is 5.32 Å². The van der Waals surface area contributed by atoms with Gasteiger partial charge in [-0.1, -0.05) is 12.1 Å². The molecule has 0 radical (unpaired) electrons. The maximum atomic E-state index is 10.7. The molecule has 0 atom stereocenters. The van der Waals surface area contributed by atoms with Crippen LogP contribution in [0.2, 0.25) is 0 Å². The van der Waals surface area contributed by atoms with E-state index in [1.165, 1.54) is 7.11 Å². The number of nitrogen functional groups attached to an aromatic ring is 1. The minimum absolute atomic E-state index is 0.385. The Morgan fingerprint density at radius 2 is 1.62 bits per heavy atom. The average molecular weight is 288 g/mol. The van der Waals surface area contributed by atoms with Crippen LogP contribution in [0, 0.1) is 0 Å². The van der Waals surface area contributed by atoms with Gasteiger partial charge in [-0.25, -0.2) is 4.79 Å². The van der Waals surface area contributed by atoms with Gasteiger partial charge in [0, 0.05) is 0 Å². The summed E-state index contributed by atoms with van der Waals surface area (Å²) < 4.78 is 10.4. The number of amides is 1. The third kappa shape index (κ3) is 3.17. The van der Waals surface area contributed by atoms with Gasteiger partial charge in [0.05, 0.1) is 25.6 Å². The normalized spacial score (nSPS) is 10.0. The van der Waals surface area contributed by atoms with Crippen molar-refractivity contribution in [2.75, 3.05) is 25.3 Å². The Balaban J connectivity index is 2.43. The lowest BCUT2D eigenvalue weighted by molar-refractivity contribution is 0.209. The quantitative estimate of drug-likeness (QED) is 0.752. The highest BCUT2D eigenvalue weighted by molar-refractivity contribution is 5.86. The van der Waals surface area contributed by atoms with Crippen LogP contribution in [0.25, 0.3) is 11.1 Å². The van der Waals surface area contributed by atoms with E-state index < -0.39 is 6.09 Å². The molecule has 2 aromatic carbocycles. The summed E-state index contributed by atoms with van der Waals surface area (Å²) in [6.45, 7) is 0. The first-order chi connectivity index (χ1) is 10.0. The Bertz CT molecular complexity index is 671. The van der Waals surface area contributed by atoms with Crippen molar-refractivity contribution in [2.24, 2.45) is 0 Å². The first kappa shape index (κ1) is 14.5. The Morgan fingerprint density at radius 3 is 2.19 bits per heavy atom. The van der Waals surface area contributed by atoms with Crippen molar-refractivity contribution in [1.29, 1.82) is 0 Å². The van der Waals surface area contributed by atoms with Gasteiger partial charge in [-0.2, -0.15) is 0 Å². The second-order valence-corrected chi connectivity index (χ2v) is 4.30. The molecule has 2 aromatic rings. The van der Waals surface area contributed by atoms with E-state index in [1.807, 2.05) is 12.1 Å². The van der Waals surface area contributed by atoms with Crippen LogP contribution in [-0.2, 0) is 0 Å². The number of carboxylic acid groups (broad SMARTS) is 1. The lowest BCUT2D eigenvalue weighted by Crippen LogP contribution is -2.08. The minimum Gasteiger partial charge on any atom is -0.495 e. The molecule has 0 saturated heterocycles. The monoisotopic (exact) mass is 288 g/mol. The van der Waals surface area contributed by atoms with Crippen LogP contribution in [0.15, 0.2) is 36.4 Å². The van der Waals surface area contributed by atoms with E-state index >= 15 is 0 Å². The molecule has 0 bridgehead atoms. The summed E-state index contributed by atoms with van der Waals surface area (Å²) in [5.41, 5.74) is 8.48. The summed E-state index contributed by atoms with van der Waals surface area (Å²) in [5.74, 6) is 1.02. The molecule has 0 aromatic heterocycles. The summed E-state index contributed by atoms with van der Waals surface area (Å²) in [4.78, 5) is 10.7. The molecule has 6 nitrogen and oxygen atoms in total. The Morgan fingerprint density at radius 1 is 1.05 bits per heavy atom. The van der Waals surface area contributed by atoms with Gasteiger partial charge < -0.3 is 20.3 Å². The summed E-state index contributed by atoms with van der Waals surface area (Å²) in [6, 6.07) is 10.6. The van der Waals surface area contributed by atoms with E-state index in [1.54, 1.807) is 31.4 Å². The number of rotatable bonds is 4. The third-order valence-corrected chi connectivity index (χ3v) is 3.01. The Hall–Kier alpha value is -2.89. The SMILES string of the molecule is COc1cc(-c2ccc(NC(=O)O)c(OC)c2)ccc1N. The molecular formula is C15H16N2O4. The summed E-state index contributed by atoms with van der Waals surface area (Å²) >= 11 is 0. The second-order valence-electron chi connectivity index (χ2n) is 4.30. The molecule has 0 aliphatic carbocycles. The molecule has 2 rings (SSSR count).